The fraction of sp³-hybridized carbons (Fsp3) is 0.731. The van der Waals surface area contributed by atoms with Gasteiger partial charge in [0.1, 0.15) is 5.78 Å². The number of nitrogens with one attached hydrogen (secondary N) is 1. The predicted octanol–water partition coefficient (Wildman–Crippen LogP) is 5.05. The van der Waals surface area contributed by atoms with Crippen molar-refractivity contribution in [2.75, 3.05) is 47.6 Å². The minimum Gasteiger partial charge on any atom is -0.481 e. The Kier molecular flexibility index (Phi) is 22.3. The van der Waals surface area contributed by atoms with Crippen molar-refractivity contribution in [3.05, 3.63) is 35.9 Å². The molecule has 1 aliphatic carbocycles. The summed E-state index contributed by atoms with van der Waals surface area (Å²) in [5.74, 6) is -6.96. The number of carboxylic acid groups (broad SMARTS) is 2. The van der Waals surface area contributed by atoms with Gasteiger partial charge in [-0.1, -0.05) is 78.3 Å². The van der Waals surface area contributed by atoms with Crippen LogP contribution in [0.25, 0.3) is 0 Å². The maximum absolute atomic E-state index is 14.7. The van der Waals surface area contributed by atoms with Crippen molar-refractivity contribution >= 4 is 47.1 Å². The van der Waals surface area contributed by atoms with Gasteiger partial charge in [-0.2, -0.15) is 0 Å². The number of ketones is 2. The van der Waals surface area contributed by atoms with Gasteiger partial charge >= 0.3 is 11.9 Å². The van der Waals surface area contributed by atoms with E-state index >= 15 is 0 Å². The summed E-state index contributed by atoms with van der Waals surface area (Å²) in [6.45, 7) is 11.9. The molecular weight excluding hydrogens is 889 g/mol. The minimum absolute atomic E-state index is 0.00249. The number of carbonyl (C=O) groups is 8. The average Bonchev–Trinajstić information content (AvgIpc) is 4.09. The van der Waals surface area contributed by atoms with Gasteiger partial charge in [0.15, 0.2) is 5.78 Å². The summed E-state index contributed by atoms with van der Waals surface area (Å²) in [5, 5.41) is 21.7. The number of piperidine rings is 1. The van der Waals surface area contributed by atoms with Crippen LogP contribution in [-0.2, 0) is 59.0 Å². The van der Waals surface area contributed by atoms with Gasteiger partial charge in [0.2, 0.25) is 23.6 Å². The minimum atomic E-state index is -1.05. The molecule has 3 aliphatic rings. The Balaban J connectivity index is 1.40. The molecule has 386 valence electrons. The first-order chi connectivity index (χ1) is 32.7. The zero-order chi connectivity index (χ0) is 51.1. The van der Waals surface area contributed by atoms with Gasteiger partial charge in [-0.25, -0.2) is 0 Å². The molecule has 0 radical (unpaired) electrons. The first-order valence-corrected chi connectivity index (χ1v) is 25.1. The van der Waals surface area contributed by atoms with Crippen LogP contribution in [0.2, 0.25) is 0 Å². The summed E-state index contributed by atoms with van der Waals surface area (Å²) in [7, 11) is 4.74. The molecule has 2 aliphatic heterocycles. The van der Waals surface area contributed by atoms with Gasteiger partial charge in [-0.15, -0.1) is 0 Å². The molecule has 12 atom stereocenters. The van der Waals surface area contributed by atoms with E-state index in [0.29, 0.717) is 25.8 Å². The third kappa shape index (κ3) is 15.1. The van der Waals surface area contributed by atoms with Crippen molar-refractivity contribution in [2.45, 2.75) is 155 Å². The summed E-state index contributed by atoms with van der Waals surface area (Å²) in [4.78, 5) is 111. The highest BCUT2D eigenvalue weighted by molar-refractivity contribution is 5.94. The van der Waals surface area contributed by atoms with Gasteiger partial charge in [0.25, 0.3) is 0 Å². The van der Waals surface area contributed by atoms with E-state index in [1.807, 2.05) is 58.0 Å². The molecular formula is C52H80N4O13. The summed E-state index contributed by atoms with van der Waals surface area (Å²) in [6.07, 6.45) is 2.77. The molecule has 2 saturated heterocycles. The number of carbonyl (C=O) groups excluding carboxylic acids is 6. The van der Waals surface area contributed by atoms with Gasteiger partial charge < -0.3 is 44.4 Å². The molecule has 2 bridgehead atoms. The van der Waals surface area contributed by atoms with E-state index in [4.69, 9.17) is 19.3 Å². The highest BCUT2D eigenvalue weighted by Crippen LogP contribution is 2.44. The highest BCUT2D eigenvalue weighted by atomic mass is 16.5. The number of Topliss-reactive ketones (excluding diaryl/α,β-unsaturated/α-hetero) is 2. The van der Waals surface area contributed by atoms with Gasteiger partial charge in [-0.05, 0) is 61.8 Å². The standard InChI is InChI=1S/C52H80N4O13/c1-10-32(4)47(43(67-8)30-46(61)55-22-14-17-40(55)49(68-9)34(6)41(57)28-37(52(65)66)26-35-15-12-11-13-16-35)54(7)50(62)39(31(2)3)29-42(58)48-36-18-19-38(27-36)56(48)45(60)20-23-69-24-21-53-44(59)25-33(5)51(63)64/h11-13,15-16,31-34,36-40,43,47-49H,10,14,17-30H2,1-9H3,(H,53,59)(H,63,64)(H,65,66)/t32-,33?,34-,36-,37+,38+,39-,40-,43+,47?,48-,49+/m0/s1. The van der Waals surface area contributed by atoms with Crippen molar-refractivity contribution in [1.29, 1.82) is 0 Å². The zero-order valence-corrected chi connectivity index (χ0v) is 42.4. The Morgan fingerprint density at radius 3 is 2.14 bits per heavy atom. The third-order valence-electron chi connectivity index (χ3n) is 15.2. The van der Waals surface area contributed by atoms with E-state index in [1.165, 1.54) is 21.1 Å². The van der Waals surface area contributed by atoms with Gasteiger partial charge in [0.05, 0.1) is 68.2 Å². The number of fused-ring (bicyclic) bond motifs is 2. The molecule has 0 spiro atoms. The molecule has 3 N–H and O–H groups in total. The lowest BCUT2D eigenvalue weighted by atomic mass is 9.83. The second kappa shape index (κ2) is 27.0. The fourth-order valence-corrected chi connectivity index (χ4v) is 11.0. The number of methoxy groups -OCH3 is 2. The van der Waals surface area contributed by atoms with Crippen LogP contribution in [-0.4, -0.2) is 156 Å². The van der Waals surface area contributed by atoms with E-state index in [1.54, 1.807) is 28.7 Å². The number of likely N-dealkylation sites (N-methyl/N-ethyl adjacent to an activating group) is 1. The molecule has 2 heterocycles. The Labute approximate surface area is 408 Å². The molecule has 2 unspecified atom stereocenters. The Morgan fingerprint density at radius 2 is 1.54 bits per heavy atom. The molecule has 17 nitrogen and oxygen atoms in total. The monoisotopic (exact) mass is 969 g/mol. The van der Waals surface area contributed by atoms with E-state index < -0.39 is 71.9 Å². The topological polar surface area (TPSA) is 226 Å². The normalized spacial score (nSPS) is 22.3. The van der Waals surface area contributed by atoms with Crippen molar-refractivity contribution in [2.24, 2.45) is 41.4 Å². The van der Waals surface area contributed by atoms with E-state index in [0.717, 1.165) is 24.8 Å². The lowest BCUT2D eigenvalue weighted by Gasteiger charge is -2.41. The molecule has 4 amide bonds. The number of likely N-dealkylation sites (tertiary alicyclic amines) is 2. The number of ether oxygens (including phenoxy) is 3. The molecule has 17 heteroatoms. The quantitative estimate of drug-likeness (QED) is 0.0859. The SMILES string of the molecule is CC[C@H](C)C([C@@H](CC(=O)N1CCC[C@H]1[C@H](OC)[C@@H](C)C(=O)C[C@@H](Cc1ccccc1)C(=O)O)OC)N(C)C(=O)[C@@H](CC(=O)[C@@H]1[C@H]2CC[C@H](C2)N1C(=O)CCOCCNC(=O)CC(C)C(=O)O)C(C)C. The molecule has 4 rings (SSSR count). The lowest BCUT2D eigenvalue weighted by Crippen LogP contribution is -2.54. The van der Waals surface area contributed by atoms with E-state index in [9.17, 15) is 43.5 Å². The maximum Gasteiger partial charge on any atom is 0.307 e. The number of aliphatic carboxylic acids is 2. The van der Waals surface area contributed by atoms with E-state index in [-0.39, 0.29) is 111 Å². The summed E-state index contributed by atoms with van der Waals surface area (Å²) < 4.78 is 17.6. The van der Waals surface area contributed by atoms with Crippen LogP contribution in [0.15, 0.2) is 30.3 Å². The number of nitrogens with zero attached hydrogens (tertiary/aromatic N) is 3. The van der Waals surface area contributed by atoms with Crippen LogP contribution in [0.4, 0.5) is 0 Å². The number of hydrogen-bond donors (Lipinski definition) is 3. The number of amides is 4. The van der Waals surface area contributed by atoms with Crippen molar-refractivity contribution in [3.63, 3.8) is 0 Å². The summed E-state index contributed by atoms with van der Waals surface area (Å²) >= 11 is 0. The van der Waals surface area contributed by atoms with Crippen molar-refractivity contribution in [1.82, 2.24) is 20.0 Å². The maximum atomic E-state index is 14.7. The van der Waals surface area contributed by atoms with Crippen LogP contribution >= 0.6 is 0 Å². The number of hydrogen-bond acceptors (Lipinski definition) is 11. The van der Waals surface area contributed by atoms with Crippen LogP contribution in [0.5, 0.6) is 0 Å². The first kappa shape index (κ1) is 56.8. The molecule has 0 aromatic heterocycles. The van der Waals surface area contributed by atoms with Gasteiger partial charge in [-0.3, -0.25) is 38.4 Å². The van der Waals surface area contributed by atoms with Crippen LogP contribution in [0.1, 0.15) is 118 Å². The highest BCUT2D eigenvalue weighted by Gasteiger charge is 2.52. The number of carboxylic acids is 2. The third-order valence-corrected chi connectivity index (χ3v) is 15.2. The summed E-state index contributed by atoms with van der Waals surface area (Å²) in [5.41, 5.74) is 0.826. The van der Waals surface area contributed by atoms with Crippen LogP contribution < -0.4 is 5.32 Å². The van der Waals surface area contributed by atoms with Crippen molar-refractivity contribution < 1.29 is 62.8 Å². The second-order valence-electron chi connectivity index (χ2n) is 20.1. The summed E-state index contributed by atoms with van der Waals surface area (Å²) in [6, 6.07) is 7.52. The van der Waals surface area contributed by atoms with Crippen LogP contribution in [0.3, 0.4) is 0 Å². The average molecular weight is 969 g/mol. The molecule has 69 heavy (non-hydrogen) atoms. The van der Waals surface area contributed by atoms with Gasteiger partial charge in [0, 0.05) is 71.5 Å². The molecule has 1 aromatic carbocycles. The Morgan fingerprint density at radius 1 is 0.841 bits per heavy atom. The zero-order valence-electron chi connectivity index (χ0n) is 42.4. The molecule has 1 saturated carbocycles. The molecule has 1 aromatic rings. The Bertz CT molecular complexity index is 1910. The largest absolute Gasteiger partial charge is 0.481 e. The molecule has 3 fully saturated rings. The van der Waals surface area contributed by atoms with E-state index in [2.05, 4.69) is 5.32 Å². The van der Waals surface area contributed by atoms with Crippen LogP contribution in [0, 0.1) is 41.4 Å². The number of benzene rings is 1. The number of rotatable bonds is 30. The smallest absolute Gasteiger partial charge is 0.307 e. The predicted molar refractivity (Wildman–Crippen MR) is 257 cm³/mol. The Hall–Kier alpha value is -4.74. The second-order valence-corrected chi connectivity index (χ2v) is 20.1. The lowest BCUT2D eigenvalue weighted by molar-refractivity contribution is -0.150. The fourth-order valence-electron chi connectivity index (χ4n) is 11.0. The van der Waals surface area contributed by atoms with Crippen molar-refractivity contribution in [3.8, 4) is 0 Å². The first-order valence-electron chi connectivity index (χ1n) is 25.1.